The number of anilines is 1. The molecule has 2 saturated heterocycles. The number of rotatable bonds is 4. The molecule has 0 aliphatic carbocycles. The Bertz CT molecular complexity index is 483. The van der Waals surface area contributed by atoms with Gasteiger partial charge in [0.2, 0.25) is 0 Å². The average Bonchev–Trinajstić information content (AvgIpc) is 2.57. The van der Waals surface area contributed by atoms with E-state index in [1.165, 1.54) is 39.1 Å². The van der Waals surface area contributed by atoms with Gasteiger partial charge in [-0.25, -0.2) is 4.39 Å². The third-order valence-electron chi connectivity index (χ3n) is 4.79. The summed E-state index contributed by atoms with van der Waals surface area (Å²) >= 11 is 0. The number of hydrogen-bond acceptors (Lipinski definition) is 4. The van der Waals surface area contributed by atoms with Gasteiger partial charge in [-0.15, -0.1) is 0 Å². The molecule has 22 heavy (non-hydrogen) atoms. The van der Waals surface area contributed by atoms with Crippen molar-refractivity contribution in [3.05, 3.63) is 24.0 Å². The van der Waals surface area contributed by atoms with E-state index in [2.05, 4.69) is 15.1 Å². The maximum absolute atomic E-state index is 13.5. The summed E-state index contributed by atoms with van der Waals surface area (Å²) in [7, 11) is 1.51. The van der Waals surface area contributed by atoms with Crippen LogP contribution >= 0.6 is 0 Å². The summed E-state index contributed by atoms with van der Waals surface area (Å²) in [5.74, 6) is 0.828. The van der Waals surface area contributed by atoms with Crippen molar-refractivity contribution in [3.8, 4) is 5.75 Å². The van der Waals surface area contributed by atoms with Gasteiger partial charge < -0.3 is 15.0 Å². The van der Waals surface area contributed by atoms with Crippen LogP contribution in [-0.4, -0.2) is 57.8 Å². The number of ether oxygens (including phenoxy) is 1. The monoisotopic (exact) mass is 307 g/mol. The van der Waals surface area contributed by atoms with Gasteiger partial charge in [-0.1, -0.05) is 0 Å². The Morgan fingerprint density at radius 3 is 2.77 bits per heavy atom. The predicted octanol–water partition coefficient (Wildman–Crippen LogP) is 1.96. The van der Waals surface area contributed by atoms with Gasteiger partial charge in [-0.05, 0) is 44.0 Å². The van der Waals surface area contributed by atoms with Crippen LogP contribution in [0.25, 0.3) is 0 Å². The number of piperazine rings is 1. The number of piperidine rings is 1. The molecule has 2 heterocycles. The third-order valence-corrected chi connectivity index (χ3v) is 4.79. The van der Waals surface area contributed by atoms with E-state index in [0.717, 1.165) is 44.3 Å². The van der Waals surface area contributed by atoms with Crippen molar-refractivity contribution in [3.63, 3.8) is 0 Å². The van der Waals surface area contributed by atoms with Gasteiger partial charge in [0, 0.05) is 44.5 Å². The molecule has 5 heteroatoms. The zero-order valence-corrected chi connectivity index (χ0v) is 13.4. The zero-order chi connectivity index (χ0) is 15.4. The number of nitrogens with one attached hydrogen (secondary N) is 1. The number of benzene rings is 1. The van der Waals surface area contributed by atoms with Crippen LogP contribution in [0.4, 0.5) is 10.1 Å². The summed E-state index contributed by atoms with van der Waals surface area (Å²) in [6, 6.07) is 5.14. The lowest BCUT2D eigenvalue weighted by molar-refractivity contribution is 0.199. The smallest absolute Gasteiger partial charge is 0.165 e. The van der Waals surface area contributed by atoms with E-state index in [-0.39, 0.29) is 5.82 Å². The molecule has 1 atom stereocenters. The lowest BCUT2D eigenvalue weighted by atomic mass is 9.99. The van der Waals surface area contributed by atoms with E-state index in [4.69, 9.17) is 4.74 Å². The van der Waals surface area contributed by atoms with Crippen molar-refractivity contribution >= 4 is 5.69 Å². The number of hydrogen-bond donors (Lipinski definition) is 1. The number of nitrogens with zero attached hydrogens (tertiary/aromatic N) is 2. The van der Waals surface area contributed by atoms with Crippen LogP contribution < -0.4 is 15.0 Å². The number of methoxy groups -OCH3 is 1. The predicted molar refractivity (Wildman–Crippen MR) is 87.2 cm³/mol. The Labute approximate surface area is 132 Å². The fraction of sp³-hybridized carbons (Fsp3) is 0.647. The highest BCUT2D eigenvalue weighted by Crippen LogP contribution is 2.25. The summed E-state index contributed by atoms with van der Waals surface area (Å²) in [5, 5.41) is 3.49. The van der Waals surface area contributed by atoms with E-state index < -0.39 is 0 Å². The van der Waals surface area contributed by atoms with Crippen molar-refractivity contribution in [1.29, 1.82) is 0 Å². The van der Waals surface area contributed by atoms with E-state index >= 15 is 0 Å². The molecular formula is C17H26FN3O. The Morgan fingerprint density at radius 1 is 1.27 bits per heavy atom. The Balaban J connectivity index is 1.52. The molecule has 1 N–H and O–H groups in total. The summed E-state index contributed by atoms with van der Waals surface area (Å²) in [6.45, 7) is 7.69. The first kappa shape index (κ1) is 15.6. The van der Waals surface area contributed by atoms with Crippen LogP contribution in [0, 0.1) is 11.7 Å². The molecule has 0 spiro atoms. The second kappa shape index (κ2) is 7.29. The first-order valence-corrected chi connectivity index (χ1v) is 8.28. The molecule has 2 fully saturated rings. The van der Waals surface area contributed by atoms with Crippen LogP contribution in [0.1, 0.15) is 12.8 Å². The van der Waals surface area contributed by atoms with Gasteiger partial charge in [0.1, 0.15) is 0 Å². The minimum absolute atomic E-state index is 0.297. The summed E-state index contributed by atoms with van der Waals surface area (Å²) < 4.78 is 18.6. The van der Waals surface area contributed by atoms with Gasteiger partial charge >= 0.3 is 0 Å². The molecule has 0 aromatic heterocycles. The highest BCUT2D eigenvalue weighted by atomic mass is 19.1. The first-order valence-electron chi connectivity index (χ1n) is 8.28. The molecule has 1 aromatic rings. The molecule has 122 valence electrons. The minimum Gasteiger partial charge on any atom is -0.494 e. The largest absolute Gasteiger partial charge is 0.494 e. The van der Waals surface area contributed by atoms with E-state index in [1.54, 1.807) is 6.07 Å². The summed E-state index contributed by atoms with van der Waals surface area (Å²) in [5.41, 5.74) is 1.05. The fourth-order valence-corrected chi connectivity index (χ4v) is 3.48. The first-order chi connectivity index (χ1) is 10.8. The highest BCUT2D eigenvalue weighted by molar-refractivity contribution is 5.51. The molecule has 0 saturated carbocycles. The van der Waals surface area contributed by atoms with Crippen LogP contribution in [0.3, 0.4) is 0 Å². The van der Waals surface area contributed by atoms with Crippen molar-refractivity contribution in [2.45, 2.75) is 12.8 Å². The maximum atomic E-state index is 13.5. The second-order valence-corrected chi connectivity index (χ2v) is 6.32. The van der Waals surface area contributed by atoms with Gasteiger partial charge in [0.25, 0.3) is 0 Å². The molecule has 1 aromatic carbocycles. The van der Waals surface area contributed by atoms with Crippen LogP contribution in [0.15, 0.2) is 18.2 Å². The maximum Gasteiger partial charge on any atom is 0.165 e. The Hall–Kier alpha value is -1.33. The molecule has 1 unspecified atom stereocenters. The lowest BCUT2D eigenvalue weighted by Gasteiger charge is -2.38. The second-order valence-electron chi connectivity index (χ2n) is 6.32. The highest BCUT2D eigenvalue weighted by Gasteiger charge is 2.22. The van der Waals surface area contributed by atoms with Crippen molar-refractivity contribution < 1.29 is 9.13 Å². The number of halogens is 1. The van der Waals surface area contributed by atoms with Gasteiger partial charge in [0.05, 0.1) is 7.11 Å². The zero-order valence-electron chi connectivity index (χ0n) is 13.4. The van der Waals surface area contributed by atoms with Crippen LogP contribution in [0.5, 0.6) is 5.75 Å². The topological polar surface area (TPSA) is 27.7 Å². The molecule has 4 nitrogen and oxygen atoms in total. The molecule has 0 bridgehead atoms. The third kappa shape index (κ3) is 3.70. The summed E-state index contributed by atoms with van der Waals surface area (Å²) in [6.07, 6.45) is 2.66. The lowest BCUT2D eigenvalue weighted by Crippen LogP contribution is -2.49. The van der Waals surface area contributed by atoms with Crippen LogP contribution in [0.2, 0.25) is 0 Å². The average molecular weight is 307 g/mol. The minimum atomic E-state index is -0.297. The summed E-state index contributed by atoms with van der Waals surface area (Å²) in [4.78, 5) is 4.88. The van der Waals surface area contributed by atoms with E-state index in [0.29, 0.717) is 5.75 Å². The molecule has 2 aliphatic heterocycles. The van der Waals surface area contributed by atoms with Crippen molar-refractivity contribution in [2.24, 2.45) is 5.92 Å². The van der Waals surface area contributed by atoms with Gasteiger partial charge in [-0.3, -0.25) is 4.90 Å². The fourth-order valence-electron chi connectivity index (χ4n) is 3.48. The molecule has 3 rings (SSSR count). The van der Waals surface area contributed by atoms with Crippen LogP contribution in [-0.2, 0) is 0 Å². The standard InChI is InChI=1S/C17H26FN3O/c1-22-17-11-15(4-5-16(17)18)21-9-7-20(8-10-21)13-14-3-2-6-19-12-14/h4-5,11,14,19H,2-3,6-10,12-13H2,1H3. The van der Waals surface area contributed by atoms with Gasteiger partial charge in [0.15, 0.2) is 11.6 Å². The van der Waals surface area contributed by atoms with Crippen molar-refractivity contribution in [2.75, 3.05) is 57.8 Å². The van der Waals surface area contributed by atoms with E-state index in [9.17, 15) is 4.39 Å². The Kier molecular flexibility index (Phi) is 5.16. The van der Waals surface area contributed by atoms with Gasteiger partial charge in [-0.2, -0.15) is 0 Å². The molecular weight excluding hydrogens is 281 g/mol. The van der Waals surface area contributed by atoms with Crippen molar-refractivity contribution in [1.82, 2.24) is 10.2 Å². The van der Waals surface area contributed by atoms with E-state index in [1.807, 2.05) is 6.07 Å². The normalized spacial score (nSPS) is 23.5. The quantitative estimate of drug-likeness (QED) is 0.920. The molecule has 0 amide bonds. The SMILES string of the molecule is COc1cc(N2CCN(CC3CCCNC3)CC2)ccc1F. The molecule has 2 aliphatic rings. The Morgan fingerprint density at radius 2 is 2.09 bits per heavy atom. The molecule has 0 radical (unpaired) electrons.